The molecule has 0 bridgehead atoms. The molecule has 1 aliphatic carbocycles. The van der Waals surface area contributed by atoms with Crippen molar-refractivity contribution in [1.29, 1.82) is 0 Å². The van der Waals surface area contributed by atoms with Crippen LogP contribution >= 0.6 is 11.8 Å². The predicted molar refractivity (Wildman–Crippen MR) is 99.3 cm³/mol. The SMILES string of the molecule is O=C(NCc1ccc(S(=O)(=O)NC2CC2)cc1)c1ccc(SC(F)(F)F)cc1. The Labute approximate surface area is 164 Å². The number of nitrogens with one attached hydrogen (secondary N) is 2. The molecule has 2 aromatic rings. The lowest BCUT2D eigenvalue weighted by atomic mass is 10.2. The van der Waals surface area contributed by atoms with Gasteiger partial charge in [-0.05, 0) is 66.6 Å². The van der Waals surface area contributed by atoms with Crippen LogP contribution in [0.25, 0.3) is 0 Å². The van der Waals surface area contributed by atoms with Crippen LogP contribution in [0.15, 0.2) is 58.3 Å². The van der Waals surface area contributed by atoms with Crippen LogP contribution in [0.2, 0.25) is 0 Å². The Balaban J connectivity index is 1.55. The van der Waals surface area contributed by atoms with Crippen molar-refractivity contribution >= 4 is 27.7 Å². The van der Waals surface area contributed by atoms with Crippen molar-refractivity contribution < 1.29 is 26.4 Å². The second-order valence-corrected chi connectivity index (χ2v) is 9.15. The van der Waals surface area contributed by atoms with Gasteiger partial charge < -0.3 is 5.32 Å². The molecule has 3 rings (SSSR count). The molecule has 2 aromatic carbocycles. The molecule has 1 fully saturated rings. The highest BCUT2D eigenvalue weighted by Crippen LogP contribution is 2.36. The number of hydrogen-bond acceptors (Lipinski definition) is 4. The molecule has 0 unspecified atom stereocenters. The average Bonchev–Trinajstić information content (AvgIpc) is 3.42. The van der Waals surface area contributed by atoms with Gasteiger partial charge in [0.15, 0.2) is 0 Å². The van der Waals surface area contributed by atoms with Crippen molar-refractivity contribution in [1.82, 2.24) is 10.0 Å². The molecular weight excluding hydrogens is 413 g/mol. The standard InChI is InChI=1S/C18H17F3N2O3S2/c19-18(20,21)27-15-7-3-13(4-8-15)17(24)22-11-12-1-9-16(10-2-12)28(25,26)23-14-5-6-14/h1-4,7-10,14,23H,5-6,11H2,(H,22,24). The first-order valence-corrected chi connectivity index (χ1v) is 10.7. The minimum Gasteiger partial charge on any atom is -0.348 e. The van der Waals surface area contributed by atoms with Crippen LogP contribution in [0, 0.1) is 0 Å². The summed E-state index contributed by atoms with van der Waals surface area (Å²) < 4.78 is 63.8. The van der Waals surface area contributed by atoms with Gasteiger partial charge in [0.2, 0.25) is 10.0 Å². The second-order valence-electron chi connectivity index (χ2n) is 6.29. The zero-order chi connectivity index (χ0) is 20.4. The third-order valence-electron chi connectivity index (χ3n) is 3.94. The Bertz CT molecular complexity index is 940. The lowest BCUT2D eigenvalue weighted by molar-refractivity contribution is -0.0328. The summed E-state index contributed by atoms with van der Waals surface area (Å²) in [6.45, 7) is 0.161. The van der Waals surface area contributed by atoms with Gasteiger partial charge in [0, 0.05) is 23.0 Å². The van der Waals surface area contributed by atoms with Crippen LogP contribution in [0.5, 0.6) is 0 Å². The number of thioether (sulfide) groups is 1. The zero-order valence-corrected chi connectivity index (χ0v) is 16.1. The van der Waals surface area contributed by atoms with Crippen molar-refractivity contribution in [2.24, 2.45) is 0 Å². The summed E-state index contributed by atoms with van der Waals surface area (Å²) in [5.41, 5.74) is -3.44. The van der Waals surface area contributed by atoms with Gasteiger partial charge in [0.25, 0.3) is 5.91 Å². The molecular formula is C18H17F3N2O3S2. The summed E-state index contributed by atoms with van der Waals surface area (Å²) in [6, 6.07) is 11.3. The minimum atomic E-state index is -4.38. The van der Waals surface area contributed by atoms with E-state index in [1.807, 2.05) is 0 Å². The van der Waals surface area contributed by atoms with Gasteiger partial charge in [-0.3, -0.25) is 4.79 Å². The molecule has 0 heterocycles. The molecule has 0 aromatic heterocycles. The van der Waals surface area contributed by atoms with Gasteiger partial charge in [0.1, 0.15) is 0 Å². The number of sulfonamides is 1. The number of benzene rings is 2. The van der Waals surface area contributed by atoms with E-state index in [-0.39, 0.29) is 39.7 Å². The molecule has 1 amide bonds. The van der Waals surface area contributed by atoms with E-state index in [1.54, 1.807) is 12.1 Å². The van der Waals surface area contributed by atoms with Gasteiger partial charge in [-0.15, -0.1) is 0 Å². The highest BCUT2D eigenvalue weighted by atomic mass is 32.2. The van der Waals surface area contributed by atoms with Crippen molar-refractivity contribution in [2.45, 2.75) is 40.7 Å². The summed E-state index contributed by atoms with van der Waals surface area (Å²) in [5.74, 6) is -0.435. The van der Waals surface area contributed by atoms with E-state index < -0.39 is 21.4 Å². The molecule has 2 N–H and O–H groups in total. The third kappa shape index (κ3) is 5.98. The van der Waals surface area contributed by atoms with E-state index in [2.05, 4.69) is 10.0 Å². The van der Waals surface area contributed by atoms with Crippen molar-refractivity contribution in [3.63, 3.8) is 0 Å². The molecule has 0 aliphatic heterocycles. The normalized spacial score (nSPS) is 14.7. The molecule has 1 aliphatic rings. The van der Waals surface area contributed by atoms with Crippen molar-refractivity contribution in [2.75, 3.05) is 0 Å². The lowest BCUT2D eigenvalue weighted by Crippen LogP contribution is -2.26. The van der Waals surface area contributed by atoms with E-state index >= 15 is 0 Å². The van der Waals surface area contributed by atoms with Crippen LogP contribution in [0.1, 0.15) is 28.8 Å². The van der Waals surface area contributed by atoms with Gasteiger partial charge in [-0.2, -0.15) is 13.2 Å². The molecule has 5 nitrogen and oxygen atoms in total. The number of carbonyl (C=O) groups is 1. The fourth-order valence-electron chi connectivity index (χ4n) is 2.37. The fourth-order valence-corrected chi connectivity index (χ4v) is 4.21. The molecule has 28 heavy (non-hydrogen) atoms. The quantitative estimate of drug-likeness (QED) is 0.658. The molecule has 0 atom stereocenters. The van der Waals surface area contributed by atoms with Crippen LogP contribution < -0.4 is 10.0 Å². The number of rotatable bonds is 7. The average molecular weight is 430 g/mol. The largest absolute Gasteiger partial charge is 0.446 e. The van der Waals surface area contributed by atoms with E-state index in [1.165, 1.54) is 36.4 Å². The van der Waals surface area contributed by atoms with Crippen LogP contribution in [0.3, 0.4) is 0 Å². The highest BCUT2D eigenvalue weighted by molar-refractivity contribution is 8.00. The van der Waals surface area contributed by atoms with E-state index in [4.69, 9.17) is 0 Å². The minimum absolute atomic E-state index is 0.000607. The number of carbonyl (C=O) groups excluding carboxylic acids is 1. The highest BCUT2D eigenvalue weighted by Gasteiger charge is 2.29. The first-order valence-electron chi connectivity index (χ1n) is 8.38. The van der Waals surface area contributed by atoms with Crippen LogP contribution in [-0.2, 0) is 16.6 Å². The number of halogens is 3. The first kappa shape index (κ1) is 20.7. The van der Waals surface area contributed by atoms with Gasteiger partial charge in [-0.25, -0.2) is 13.1 Å². The Hall–Kier alpha value is -2.04. The fraction of sp³-hybridized carbons (Fsp3) is 0.278. The number of alkyl halides is 3. The zero-order valence-electron chi connectivity index (χ0n) is 14.5. The summed E-state index contributed by atoms with van der Waals surface area (Å²) in [6.07, 6.45) is 1.69. The molecule has 0 saturated heterocycles. The molecule has 1 saturated carbocycles. The molecule has 0 radical (unpaired) electrons. The van der Waals surface area contributed by atoms with Crippen molar-refractivity contribution in [3.8, 4) is 0 Å². The van der Waals surface area contributed by atoms with E-state index in [0.29, 0.717) is 5.56 Å². The Kier molecular flexibility index (Phi) is 6.01. The van der Waals surface area contributed by atoms with E-state index in [9.17, 15) is 26.4 Å². The summed E-state index contributed by atoms with van der Waals surface area (Å²) in [7, 11) is -3.52. The lowest BCUT2D eigenvalue weighted by Gasteiger charge is -2.09. The van der Waals surface area contributed by atoms with E-state index in [0.717, 1.165) is 12.8 Å². The summed E-state index contributed by atoms with van der Waals surface area (Å²) in [5, 5.41) is 2.65. The Morgan fingerprint density at radius 2 is 1.64 bits per heavy atom. The van der Waals surface area contributed by atoms with Gasteiger partial charge in [-0.1, -0.05) is 12.1 Å². The topological polar surface area (TPSA) is 75.3 Å². The second kappa shape index (κ2) is 8.14. The molecule has 0 spiro atoms. The molecule has 150 valence electrons. The summed E-state index contributed by atoms with van der Waals surface area (Å²) >= 11 is -0.244. The monoisotopic (exact) mass is 430 g/mol. The van der Waals surface area contributed by atoms with Crippen LogP contribution in [-0.4, -0.2) is 25.9 Å². The number of hydrogen-bond donors (Lipinski definition) is 2. The van der Waals surface area contributed by atoms with Gasteiger partial charge >= 0.3 is 5.51 Å². The predicted octanol–water partition coefficient (Wildman–Crippen LogP) is 3.67. The Morgan fingerprint density at radius 1 is 1.04 bits per heavy atom. The van der Waals surface area contributed by atoms with Crippen LogP contribution in [0.4, 0.5) is 13.2 Å². The van der Waals surface area contributed by atoms with Crippen molar-refractivity contribution in [3.05, 3.63) is 59.7 Å². The maximum absolute atomic E-state index is 12.3. The smallest absolute Gasteiger partial charge is 0.348 e. The maximum Gasteiger partial charge on any atom is 0.446 e. The summed E-state index contributed by atoms with van der Waals surface area (Å²) in [4.78, 5) is 12.3. The first-order chi connectivity index (χ1) is 13.1. The molecule has 10 heteroatoms. The third-order valence-corrected chi connectivity index (χ3v) is 6.21. The maximum atomic E-state index is 12.3. The Morgan fingerprint density at radius 3 is 2.18 bits per heavy atom. The van der Waals surface area contributed by atoms with Gasteiger partial charge in [0.05, 0.1) is 4.90 Å². The number of amides is 1.